The van der Waals surface area contributed by atoms with Gasteiger partial charge in [-0.2, -0.15) is 0 Å². The van der Waals surface area contributed by atoms with Crippen LogP contribution in [0.3, 0.4) is 0 Å². The number of piperidine rings is 1. The molecule has 6 heteroatoms. The highest BCUT2D eigenvalue weighted by atomic mass is 32.2. The molecule has 1 aliphatic heterocycles. The van der Waals surface area contributed by atoms with E-state index in [1.807, 2.05) is 0 Å². The van der Waals surface area contributed by atoms with Crippen LogP contribution in [-0.4, -0.2) is 42.1 Å². The average molecular weight is 335 g/mol. The van der Waals surface area contributed by atoms with Crippen molar-refractivity contribution in [3.05, 3.63) is 24.5 Å². The molecule has 1 aromatic carbocycles. The number of anilines is 1. The molecule has 1 saturated heterocycles. The summed E-state index contributed by atoms with van der Waals surface area (Å²) >= 11 is 3.47. The van der Waals surface area contributed by atoms with Crippen LogP contribution in [0, 0.1) is 5.92 Å². The van der Waals surface area contributed by atoms with Gasteiger partial charge >= 0.3 is 0 Å². The lowest BCUT2D eigenvalue weighted by Crippen LogP contribution is -2.39. The molecule has 2 heterocycles. The summed E-state index contributed by atoms with van der Waals surface area (Å²) < 4.78 is 3.40. The van der Waals surface area contributed by atoms with Crippen LogP contribution < -0.4 is 9.62 Å². The fourth-order valence-corrected chi connectivity index (χ4v) is 3.87. The Balaban J connectivity index is 1.88. The standard InChI is InChI=1S/C16H22N4S2/c1-21-13-5-6-15-14(8-13)16(18-11-17-15)20-7-3-4-12(10-20)9-19-22-2/h5-6,8,11-12,19H,3-4,7,9-10H2,1-2H3. The average Bonchev–Trinajstić information content (AvgIpc) is 2.59. The van der Waals surface area contributed by atoms with E-state index < -0.39 is 0 Å². The van der Waals surface area contributed by atoms with Crippen molar-refractivity contribution in [3.8, 4) is 0 Å². The van der Waals surface area contributed by atoms with Crippen molar-refractivity contribution >= 4 is 40.4 Å². The van der Waals surface area contributed by atoms with E-state index in [2.05, 4.69) is 50.3 Å². The quantitative estimate of drug-likeness (QED) is 0.667. The van der Waals surface area contributed by atoms with E-state index >= 15 is 0 Å². The van der Waals surface area contributed by atoms with E-state index in [0.29, 0.717) is 5.92 Å². The molecule has 1 atom stereocenters. The van der Waals surface area contributed by atoms with E-state index in [9.17, 15) is 0 Å². The highest BCUT2D eigenvalue weighted by Crippen LogP contribution is 2.30. The molecule has 1 unspecified atom stereocenters. The second kappa shape index (κ2) is 7.53. The number of aromatic nitrogens is 2. The maximum atomic E-state index is 4.60. The number of benzene rings is 1. The van der Waals surface area contributed by atoms with Crippen LogP contribution in [0.4, 0.5) is 5.82 Å². The predicted molar refractivity (Wildman–Crippen MR) is 97.8 cm³/mol. The Bertz CT molecular complexity index is 635. The minimum Gasteiger partial charge on any atom is -0.356 e. The molecular weight excluding hydrogens is 312 g/mol. The molecule has 22 heavy (non-hydrogen) atoms. The molecular formula is C16H22N4S2. The van der Waals surface area contributed by atoms with Gasteiger partial charge in [-0.05, 0) is 49.5 Å². The van der Waals surface area contributed by atoms with E-state index in [1.165, 1.54) is 23.1 Å². The summed E-state index contributed by atoms with van der Waals surface area (Å²) in [7, 11) is 0. The first-order valence-corrected chi connectivity index (χ1v) is 10.1. The molecule has 4 nitrogen and oxygen atoms in total. The van der Waals surface area contributed by atoms with Crippen LogP contribution in [0.15, 0.2) is 29.4 Å². The van der Waals surface area contributed by atoms with Gasteiger partial charge in [-0.25, -0.2) is 9.97 Å². The Morgan fingerprint density at radius 2 is 2.23 bits per heavy atom. The topological polar surface area (TPSA) is 41.0 Å². The normalized spacial score (nSPS) is 18.8. The Kier molecular flexibility index (Phi) is 5.44. The largest absolute Gasteiger partial charge is 0.356 e. The van der Waals surface area contributed by atoms with Gasteiger partial charge in [0.2, 0.25) is 0 Å². The van der Waals surface area contributed by atoms with Gasteiger partial charge in [0.25, 0.3) is 0 Å². The van der Waals surface area contributed by atoms with E-state index in [0.717, 1.165) is 31.0 Å². The minimum absolute atomic E-state index is 0.690. The van der Waals surface area contributed by atoms with Crippen LogP contribution >= 0.6 is 23.7 Å². The van der Waals surface area contributed by atoms with Gasteiger partial charge < -0.3 is 4.90 Å². The lowest BCUT2D eigenvalue weighted by molar-refractivity contribution is 0.415. The maximum absolute atomic E-state index is 4.60. The van der Waals surface area contributed by atoms with Crippen molar-refractivity contribution in [2.75, 3.05) is 37.0 Å². The first-order chi connectivity index (χ1) is 10.8. The van der Waals surface area contributed by atoms with Gasteiger partial charge in [-0.15, -0.1) is 11.8 Å². The fraction of sp³-hybridized carbons (Fsp3) is 0.500. The first kappa shape index (κ1) is 15.9. The molecule has 1 aliphatic rings. The SMILES string of the molecule is CSNCC1CCCN(c2ncnc3ccc(SC)cc23)C1. The maximum Gasteiger partial charge on any atom is 0.139 e. The number of fused-ring (bicyclic) bond motifs is 1. The third-order valence-electron chi connectivity index (χ3n) is 4.16. The summed E-state index contributed by atoms with van der Waals surface area (Å²) in [5, 5.41) is 1.17. The smallest absolute Gasteiger partial charge is 0.139 e. The summed E-state index contributed by atoms with van der Waals surface area (Å²) in [6.07, 6.45) is 8.41. The Morgan fingerprint density at radius 3 is 3.05 bits per heavy atom. The van der Waals surface area contributed by atoms with Crippen molar-refractivity contribution in [2.24, 2.45) is 5.92 Å². The Morgan fingerprint density at radius 1 is 1.32 bits per heavy atom. The van der Waals surface area contributed by atoms with Gasteiger partial charge in [0.05, 0.1) is 5.52 Å². The van der Waals surface area contributed by atoms with Crippen LogP contribution in [0.25, 0.3) is 10.9 Å². The van der Waals surface area contributed by atoms with Crippen molar-refractivity contribution < 1.29 is 0 Å². The second-order valence-corrected chi connectivity index (χ2v) is 7.16. The molecule has 0 bridgehead atoms. The molecule has 1 aromatic heterocycles. The number of hydrogen-bond donors (Lipinski definition) is 1. The van der Waals surface area contributed by atoms with Crippen molar-refractivity contribution in [3.63, 3.8) is 0 Å². The van der Waals surface area contributed by atoms with Gasteiger partial charge in [-0.1, -0.05) is 11.9 Å². The molecule has 0 aliphatic carbocycles. The van der Waals surface area contributed by atoms with Crippen LogP contribution in [0.2, 0.25) is 0 Å². The molecule has 1 N–H and O–H groups in total. The van der Waals surface area contributed by atoms with Gasteiger partial charge in [0, 0.05) is 29.9 Å². The molecule has 0 saturated carbocycles. The van der Waals surface area contributed by atoms with Gasteiger partial charge in [0.1, 0.15) is 12.1 Å². The number of nitrogens with zero attached hydrogens (tertiary/aromatic N) is 3. The monoisotopic (exact) mass is 334 g/mol. The van der Waals surface area contributed by atoms with Crippen molar-refractivity contribution in [1.29, 1.82) is 0 Å². The second-order valence-electron chi connectivity index (χ2n) is 5.59. The summed E-state index contributed by atoms with van der Waals surface area (Å²) in [5.74, 6) is 1.78. The third kappa shape index (κ3) is 3.50. The van der Waals surface area contributed by atoms with E-state index in [1.54, 1.807) is 30.0 Å². The molecule has 0 spiro atoms. The fourth-order valence-electron chi connectivity index (χ4n) is 3.03. The summed E-state index contributed by atoms with van der Waals surface area (Å²) in [6, 6.07) is 6.45. The lowest BCUT2D eigenvalue weighted by Gasteiger charge is -2.34. The number of hydrogen-bond acceptors (Lipinski definition) is 6. The number of thioether (sulfide) groups is 1. The summed E-state index contributed by atoms with van der Waals surface area (Å²) in [5.41, 5.74) is 1.03. The lowest BCUT2D eigenvalue weighted by atomic mass is 9.98. The first-order valence-electron chi connectivity index (χ1n) is 7.61. The van der Waals surface area contributed by atoms with Crippen molar-refractivity contribution in [2.45, 2.75) is 17.7 Å². The zero-order chi connectivity index (χ0) is 15.4. The van der Waals surface area contributed by atoms with Gasteiger partial charge in [0.15, 0.2) is 0 Å². The predicted octanol–water partition coefficient (Wildman–Crippen LogP) is 3.44. The van der Waals surface area contributed by atoms with Crippen molar-refractivity contribution in [1.82, 2.24) is 14.7 Å². The van der Waals surface area contributed by atoms with Crippen LogP contribution in [0.1, 0.15) is 12.8 Å². The van der Waals surface area contributed by atoms with Crippen LogP contribution in [0.5, 0.6) is 0 Å². The van der Waals surface area contributed by atoms with E-state index in [-0.39, 0.29) is 0 Å². The van der Waals surface area contributed by atoms with Gasteiger partial charge in [-0.3, -0.25) is 4.72 Å². The number of nitrogens with one attached hydrogen (secondary N) is 1. The highest BCUT2D eigenvalue weighted by Gasteiger charge is 2.22. The van der Waals surface area contributed by atoms with E-state index in [4.69, 9.17) is 0 Å². The molecule has 0 amide bonds. The Labute approximate surface area is 140 Å². The zero-order valence-corrected chi connectivity index (χ0v) is 14.7. The minimum atomic E-state index is 0.690. The summed E-state index contributed by atoms with van der Waals surface area (Å²) in [6.45, 7) is 3.23. The molecule has 3 rings (SSSR count). The summed E-state index contributed by atoms with van der Waals surface area (Å²) in [4.78, 5) is 12.7. The Hall–Kier alpha value is -0.980. The third-order valence-corrected chi connectivity index (χ3v) is 5.34. The zero-order valence-electron chi connectivity index (χ0n) is 13.1. The highest BCUT2D eigenvalue weighted by molar-refractivity contribution is 7.98. The number of rotatable bonds is 5. The van der Waals surface area contributed by atoms with Crippen LogP contribution in [-0.2, 0) is 0 Å². The molecule has 2 aromatic rings. The molecule has 118 valence electrons. The molecule has 0 radical (unpaired) electrons. The molecule has 1 fully saturated rings.